The van der Waals surface area contributed by atoms with Gasteiger partial charge in [-0.2, -0.15) is 8.78 Å². The van der Waals surface area contributed by atoms with Crippen LogP contribution in [0, 0.1) is 6.92 Å². The molecule has 0 amide bonds. The molecular formula is C16H18F2N4O2S. The Kier molecular flexibility index (Phi) is 4.85. The molecule has 0 aliphatic carbocycles. The highest BCUT2D eigenvalue weighted by atomic mass is 32.2. The van der Waals surface area contributed by atoms with Crippen molar-refractivity contribution in [3.8, 4) is 0 Å². The molecule has 9 heteroatoms. The minimum Gasteiger partial charge on any atom is -0.367 e. The van der Waals surface area contributed by atoms with Crippen molar-refractivity contribution in [2.75, 3.05) is 36.0 Å². The van der Waals surface area contributed by atoms with Crippen LogP contribution in [0.25, 0.3) is 0 Å². The molecule has 1 aliphatic rings. The van der Waals surface area contributed by atoms with E-state index >= 15 is 0 Å². The molecule has 0 unspecified atom stereocenters. The molecule has 3 rings (SSSR count). The fourth-order valence-corrected chi connectivity index (χ4v) is 3.80. The molecule has 6 nitrogen and oxygen atoms in total. The number of nitrogens with zero attached hydrogens (tertiary/aromatic N) is 4. The van der Waals surface area contributed by atoms with Crippen LogP contribution >= 0.6 is 0 Å². The zero-order chi connectivity index (χ0) is 18.0. The molecule has 1 saturated heterocycles. The zero-order valence-corrected chi connectivity index (χ0v) is 14.5. The van der Waals surface area contributed by atoms with Crippen molar-refractivity contribution >= 4 is 21.3 Å². The van der Waals surface area contributed by atoms with Crippen molar-refractivity contribution in [3.05, 3.63) is 42.4 Å². The third-order valence-corrected chi connectivity index (χ3v) is 5.54. The van der Waals surface area contributed by atoms with Crippen molar-refractivity contribution in [2.24, 2.45) is 0 Å². The number of piperazine rings is 1. The number of hydrogen-bond acceptors (Lipinski definition) is 6. The van der Waals surface area contributed by atoms with E-state index in [0.717, 1.165) is 5.82 Å². The standard InChI is InChI=1S/C16H18F2N4O2S/c1-12-19-7-6-15(20-12)22-10-8-21(9-11-22)13-4-2-3-5-14(13)25(23,24)16(17)18/h2-7,16H,8-11H2,1H3. The summed E-state index contributed by atoms with van der Waals surface area (Å²) in [5, 5.41) is 0. The van der Waals surface area contributed by atoms with E-state index in [4.69, 9.17) is 0 Å². The number of aryl methyl sites for hydroxylation is 1. The van der Waals surface area contributed by atoms with Gasteiger partial charge in [-0.15, -0.1) is 0 Å². The number of benzene rings is 1. The second kappa shape index (κ2) is 6.91. The second-order valence-electron chi connectivity index (χ2n) is 5.71. The molecule has 2 aromatic rings. The van der Waals surface area contributed by atoms with Crippen molar-refractivity contribution in [2.45, 2.75) is 17.6 Å². The van der Waals surface area contributed by atoms with E-state index < -0.39 is 15.6 Å². The molecule has 134 valence electrons. The predicted molar refractivity (Wildman–Crippen MR) is 90.8 cm³/mol. The maximum atomic E-state index is 12.9. The van der Waals surface area contributed by atoms with E-state index in [9.17, 15) is 17.2 Å². The third-order valence-electron chi connectivity index (χ3n) is 4.11. The van der Waals surface area contributed by atoms with Crippen LogP contribution in [0.5, 0.6) is 0 Å². The Labute approximate surface area is 145 Å². The number of anilines is 2. The van der Waals surface area contributed by atoms with Crippen LogP contribution < -0.4 is 9.80 Å². The van der Waals surface area contributed by atoms with E-state index in [1.54, 1.807) is 18.3 Å². The first-order chi connectivity index (χ1) is 11.9. The van der Waals surface area contributed by atoms with E-state index in [-0.39, 0.29) is 4.90 Å². The summed E-state index contributed by atoms with van der Waals surface area (Å²) in [7, 11) is -4.64. The van der Waals surface area contributed by atoms with E-state index in [2.05, 4.69) is 14.9 Å². The van der Waals surface area contributed by atoms with Gasteiger partial charge in [0.1, 0.15) is 11.6 Å². The van der Waals surface area contributed by atoms with Crippen molar-refractivity contribution in [1.82, 2.24) is 9.97 Å². The predicted octanol–water partition coefficient (Wildman–Crippen LogP) is 2.11. The Morgan fingerprint density at radius 3 is 2.32 bits per heavy atom. The summed E-state index contributed by atoms with van der Waals surface area (Å²) >= 11 is 0. The van der Waals surface area contributed by atoms with Gasteiger partial charge in [-0.3, -0.25) is 0 Å². The number of para-hydroxylation sites is 1. The molecule has 0 spiro atoms. The van der Waals surface area contributed by atoms with Gasteiger partial charge in [0.2, 0.25) is 9.84 Å². The maximum Gasteiger partial charge on any atom is 0.341 e. The van der Waals surface area contributed by atoms with Gasteiger partial charge in [0.15, 0.2) is 0 Å². The summed E-state index contributed by atoms with van der Waals surface area (Å²) in [5.41, 5.74) is 0.321. The van der Waals surface area contributed by atoms with Gasteiger partial charge in [0, 0.05) is 32.4 Å². The topological polar surface area (TPSA) is 66.4 Å². The highest BCUT2D eigenvalue weighted by Crippen LogP contribution is 2.30. The molecule has 1 aromatic heterocycles. The largest absolute Gasteiger partial charge is 0.367 e. The normalized spacial score (nSPS) is 15.7. The fourth-order valence-electron chi connectivity index (χ4n) is 2.85. The van der Waals surface area contributed by atoms with Crippen molar-refractivity contribution < 1.29 is 17.2 Å². The van der Waals surface area contributed by atoms with E-state index in [1.165, 1.54) is 12.1 Å². The van der Waals surface area contributed by atoms with E-state index in [1.807, 2.05) is 17.9 Å². The SMILES string of the molecule is Cc1nccc(N2CCN(c3ccccc3S(=O)(=O)C(F)F)CC2)n1. The summed E-state index contributed by atoms with van der Waals surface area (Å²) in [6.45, 7) is 4.06. The lowest BCUT2D eigenvalue weighted by Crippen LogP contribution is -2.47. The molecule has 2 heterocycles. The van der Waals surface area contributed by atoms with Crippen LogP contribution in [0.4, 0.5) is 20.3 Å². The third kappa shape index (κ3) is 3.55. The molecule has 0 atom stereocenters. The molecule has 25 heavy (non-hydrogen) atoms. The summed E-state index contributed by atoms with van der Waals surface area (Å²) in [4.78, 5) is 12.0. The lowest BCUT2D eigenvalue weighted by molar-refractivity contribution is 0.235. The minimum absolute atomic E-state index is 0.321. The van der Waals surface area contributed by atoms with Crippen LogP contribution in [0.1, 0.15) is 5.82 Å². The summed E-state index contributed by atoms with van der Waals surface area (Å²) < 4.78 is 49.7. The van der Waals surface area contributed by atoms with Crippen molar-refractivity contribution in [3.63, 3.8) is 0 Å². The Bertz CT molecular complexity index is 853. The van der Waals surface area contributed by atoms with Gasteiger partial charge < -0.3 is 9.80 Å². The molecule has 0 N–H and O–H groups in total. The van der Waals surface area contributed by atoms with Gasteiger partial charge in [-0.05, 0) is 25.1 Å². The smallest absolute Gasteiger partial charge is 0.341 e. The lowest BCUT2D eigenvalue weighted by atomic mass is 10.2. The minimum atomic E-state index is -4.64. The molecule has 1 fully saturated rings. The van der Waals surface area contributed by atoms with Gasteiger partial charge >= 0.3 is 5.76 Å². The van der Waals surface area contributed by atoms with Crippen LogP contribution in [0.15, 0.2) is 41.4 Å². The quantitative estimate of drug-likeness (QED) is 0.824. The number of alkyl halides is 2. The Morgan fingerprint density at radius 2 is 1.68 bits per heavy atom. The molecule has 0 radical (unpaired) electrons. The average molecular weight is 368 g/mol. The molecule has 1 aliphatic heterocycles. The number of halogens is 2. The second-order valence-corrected chi connectivity index (χ2v) is 7.60. The Morgan fingerprint density at radius 1 is 1.04 bits per heavy atom. The molecule has 0 saturated carbocycles. The summed E-state index contributed by atoms with van der Waals surface area (Å²) in [6, 6.07) is 7.73. The first-order valence-corrected chi connectivity index (χ1v) is 9.35. The van der Waals surface area contributed by atoms with Gasteiger partial charge in [0.05, 0.1) is 10.6 Å². The first kappa shape index (κ1) is 17.5. The fraction of sp³-hybridized carbons (Fsp3) is 0.375. The highest BCUT2D eigenvalue weighted by Gasteiger charge is 2.31. The maximum absolute atomic E-state index is 12.9. The Hall–Kier alpha value is -2.29. The van der Waals surface area contributed by atoms with Crippen LogP contribution in [-0.2, 0) is 9.84 Å². The highest BCUT2D eigenvalue weighted by molar-refractivity contribution is 7.91. The van der Waals surface area contributed by atoms with E-state index in [0.29, 0.717) is 37.7 Å². The molecule has 1 aromatic carbocycles. The van der Waals surface area contributed by atoms with Gasteiger partial charge in [-0.25, -0.2) is 18.4 Å². The van der Waals surface area contributed by atoms with Gasteiger partial charge in [-0.1, -0.05) is 12.1 Å². The monoisotopic (exact) mass is 368 g/mol. The number of rotatable bonds is 4. The van der Waals surface area contributed by atoms with Crippen LogP contribution in [0.2, 0.25) is 0 Å². The van der Waals surface area contributed by atoms with Crippen molar-refractivity contribution in [1.29, 1.82) is 0 Å². The number of aromatic nitrogens is 2. The van der Waals surface area contributed by atoms with Crippen LogP contribution in [0.3, 0.4) is 0 Å². The number of hydrogen-bond donors (Lipinski definition) is 0. The van der Waals surface area contributed by atoms with Gasteiger partial charge in [0.25, 0.3) is 0 Å². The zero-order valence-electron chi connectivity index (χ0n) is 13.6. The molecular weight excluding hydrogens is 350 g/mol. The van der Waals surface area contributed by atoms with Crippen LogP contribution in [-0.4, -0.2) is 50.3 Å². The molecule has 0 bridgehead atoms. The number of sulfone groups is 1. The first-order valence-electron chi connectivity index (χ1n) is 7.80. The summed E-state index contributed by atoms with van der Waals surface area (Å²) in [6.07, 6.45) is 1.69. The summed E-state index contributed by atoms with van der Waals surface area (Å²) in [5.74, 6) is -1.95. The average Bonchev–Trinajstić information content (AvgIpc) is 2.62. The Balaban J connectivity index is 1.80. The lowest BCUT2D eigenvalue weighted by Gasteiger charge is -2.37.